The van der Waals surface area contributed by atoms with Crippen molar-refractivity contribution in [1.82, 2.24) is 0 Å². The molecule has 0 saturated heterocycles. The Morgan fingerprint density at radius 1 is 1.23 bits per heavy atom. The highest BCUT2D eigenvalue weighted by molar-refractivity contribution is 7.99. The minimum absolute atomic E-state index is 0.584. The fourth-order valence-corrected chi connectivity index (χ4v) is 3.36. The van der Waals surface area contributed by atoms with Crippen molar-refractivity contribution in [2.75, 3.05) is 5.73 Å². The summed E-state index contributed by atoms with van der Waals surface area (Å²) in [5.74, 6) is -1.24. The second kappa shape index (κ2) is 7.33. The highest BCUT2D eigenvalue weighted by Gasteiger charge is 2.28. The lowest BCUT2D eigenvalue weighted by Crippen LogP contribution is -2.26. The molecule has 0 fully saturated rings. The number of benzene rings is 2. The van der Waals surface area contributed by atoms with Crippen molar-refractivity contribution >= 4 is 23.4 Å². The molecule has 2 rings (SSSR count). The number of anilines is 1. The third-order valence-corrected chi connectivity index (χ3v) is 4.80. The van der Waals surface area contributed by atoms with Gasteiger partial charge in [-0.3, -0.25) is 0 Å². The molecule has 116 valence electrons. The van der Waals surface area contributed by atoms with Crippen LogP contribution in [0.2, 0.25) is 0 Å². The Hall–Kier alpha value is -1.98. The predicted octanol–water partition coefficient (Wildman–Crippen LogP) is 3.11. The van der Waals surface area contributed by atoms with Crippen molar-refractivity contribution in [2.45, 2.75) is 29.6 Å². The summed E-state index contributed by atoms with van der Waals surface area (Å²) in [4.78, 5) is 12.0. The van der Waals surface area contributed by atoms with Gasteiger partial charge in [-0.1, -0.05) is 43.3 Å². The molecule has 0 heterocycles. The Balaban J connectivity index is 2.37. The fraction of sp³-hybridized carbons (Fsp3) is 0.235. The summed E-state index contributed by atoms with van der Waals surface area (Å²) in [6, 6.07) is 14.8. The molecule has 0 unspecified atom stereocenters. The number of nitrogen functional groups attached to an aromatic ring is 1. The Kier molecular flexibility index (Phi) is 5.46. The van der Waals surface area contributed by atoms with Crippen LogP contribution in [0.4, 0.5) is 5.69 Å². The number of thioether (sulfide) groups is 1. The number of aliphatic carboxylic acids is 1. The number of nitrogens with two attached hydrogens (primary N) is 1. The Labute approximate surface area is 134 Å². The third-order valence-electron chi connectivity index (χ3n) is 3.41. The van der Waals surface area contributed by atoms with Crippen LogP contribution in [0.15, 0.2) is 53.4 Å². The number of hydrogen-bond donors (Lipinski definition) is 3. The highest BCUT2D eigenvalue weighted by Crippen LogP contribution is 2.40. The summed E-state index contributed by atoms with van der Waals surface area (Å²) in [5.41, 5.74) is 8.45. The van der Waals surface area contributed by atoms with Crippen molar-refractivity contribution in [3.8, 4) is 0 Å². The topological polar surface area (TPSA) is 83.5 Å². The van der Waals surface area contributed by atoms with Crippen LogP contribution >= 0.6 is 11.8 Å². The molecule has 22 heavy (non-hydrogen) atoms. The number of aliphatic hydroxyl groups is 1. The monoisotopic (exact) mass is 317 g/mol. The van der Waals surface area contributed by atoms with Gasteiger partial charge in [0.2, 0.25) is 0 Å². The van der Waals surface area contributed by atoms with Crippen LogP contribution in [0.25, 0.3) is 0 Å². The zero-order chi connectivity index (χ0) is 16.1. The number of hydrogen-bond acceptors (Lipinski definition) is 4. The number of aryl methyl sites for hydroxylation is 1. The smallest absolute Gasteiger partial charge is 0.334 e. The van der Waals surface area contributed by atoms with E-state index in [1.54, 1.807) is 0 Å². The van der Waals surface area contributed by atoms with Crippen LogP contribution in [0.5, 0.6) is 0 Å². The molecule has 0 saturated carbocycles. The highest BCUT2D eigenvalue weighted by atomic mass is 32.2. The van der Waals surface area contributed by atoms with Crippen molar-refractivity contribution in [2.24, 2.45) is 0 Å². The van der Waals surface area contributed by atoms with Gasteiger partial charge in [0.05, 0.1) is 5.25 Å². The predicted molar refractivity (Wildman–Crippen MR) is 88.9 cm³/mol. The van der Waals surface area contributed by atoms with E-state index in [1.807, 2.05) is 55.5 Å². The van der Waals surface area contributed by atoms with Crippen molar-refractivity contribution < 1.29 is 15.0 Å². The van der Waals surface area contributed by atoms with Gasteiger partial charge < -0.3 is 15.9 Å². The van der Waals surface area contributed by atoms with E-state index < -0.39 is 17.3 Å². The third kappa shape index (κ3) is 3.81. The number of rotatable bonds is 6. The molecule has 0 radical (unpaired) electrons. The molecule has 2 aromatic rings. The van der Waals surface area contributed by atoms with Crippen LogP contribution in [0.1, 0.15) is 23.3 Å². The van der Waals surface area contributed by atoms with Gasteiger partial charge in [0.1, 0.15) is 0 Å². The first-order valence-corrected chi connectivity index (χ1v) is 7.91. The second-order valence-corrected chi connectivity index (χ2v) is 6.14. The summed E-state index contributed by atoms with van der Waals surface area (Å²) < 4.78 is 0. The molecule has 0 bridgehead atoms. The lowest BCUT2D eigenvalue weighted by molar-refractivity contribution is -0.146. The summed E-state index contributed by atoms with van der Waals surface area (Å²) in [5, 5.41) is 18.6. The molecule has 0 aliphatic rings. The van der Waals surface area contributed by atoms with Crippen molar-refractivity contribution in [1.29, 1.82) is 0 Å². The number of carboxylic acids is 1. The molecule has 0 aliphatic carbocycles. The van der Waals surface area contributed by atoms with Crippen molar-refractivity contribution in [3.63, 3.8) is 0 Å². The summed E-state index contributed by atoms with van der Waals surface area (Å²) in [7, 11) is 0. The van der Waals surface area contributed by atoms with Crippen LogP contribution < -0.4 is 5.73 Å². The average molecular weight is 317 g/mol. The molecule has 0 aliphatic heterocycles. The van der Waals surface area contributed by atoms with Crippen LogP contribution in [0.3, 0.4) is 0 Å². The maximum atomic E-state index is 11.2. The molecular weight excluding hydrogens is 298 g/mol. The first-order valence-electron chi connectivity index (χ1n) is 7.03. The summed E-state index contributed by atoms with van der Waals surface area (Å²) >= 11 is 1.28. The minimum atomic E-state index is -1.50. The second-order valence-electron chi connectivity index (χ2n) is 4.96. The summed E-state index contributed by atoms with van der Waals surface area (Å²) in [6.45, 7) is 2.04. The molecule has 2 aromatic carbocycles. The molecule has 4 N–H and O–H groups in total. The van der Waals surface area contributed by atoms with E-state index in [9.17, 15) is 9.90 Å². The molecule has 4 nitrogen and oxygen atoms in total. The van der Waals surface area contributed by atoms with Gasteiger partial charge in [0, 0.05) is 10.6 Å². The van der Waals surface area contributed by atoms with Gasteiger partial charge in [-0.15, -0.1) is 11.8 Å². The SMILES string of the molecule is CCc1ccc(N)c(S[C@H](c2ccccc2)[C@H](O)C(=O)O)c1. The van der Waals surface area contributed by atoms with E-state index in [2.05, 4.69) is 0 Å². The van der Waals surface area contributed by atoms with E-state index in [-0.39, 0.29) is 0 Å². The van der Waals surface area contributed by atoms with Gasteiger partial charge in [-0.25, -0.2) is 4.79 Å². The lowest BCUT2D eigenvalue weighted by atomic mass is 10.1. The molecule has 2 atom stereocenters. The molecule has 0 aromatic heterocycles. The normalized spacial score (nSPS) is 13.5. The minimum Gasteiger partial charge on any atom is -0.479 e. The van der Waals surface area contributed by atoms with Crippen LogP contribution in [-0.2, 0) is 11.2 Å². The lowest BCUT2D eigenvalue weighted by Gasteiger charge is -2.21. The number of aliphatic hydroxyl groups excluding tert-OH is 1. The van der Waals surface area contributed by atoms with E-state index >= 15 is 0 Å². The standard InChI is InChI=1S/C17H19NO3S/c1-2-11-8-9-13(18)14(10-11)22-16(15(19)17(20)21)12-6-4-3-5-7-12/h3-10,15-16,19H,2,18H2,1H3,(H,20,21)/t15-,16+/m0/s1. The van der Waals surface area contributed by atoms with Gasteiger partial charge in [0.15, 0.2) is 6.10 Å². The zero-order valence-corrected chi connectivity index (χ0v) is 13.1. The Morgan fingerprint density at radius 2 is 1.91 bits per heavy atom. The summed E-state index contributed by atoms with van der Waals surface area (Å²) in [6.07, 6.45) is -0.636. The Morgan fingerprint density at radius 3 is 2.50 bits per heavy atom. The number of carbonyl (C=O) groups is 1. The van der Waals surface area contributed by atoms with Gasteiger partial charge >= 0.3 is 5.97 Å². The zero-order valence-electron chi connectivity index (χ0n) is 12.3. The van der Waals surface area contributed by atoms with E-state index in [0.717, 1.165) is 22.4 Å². The van der Waals surface area contributed by atoms with Crippen LogP contribution in [-0.4, -0.2) is 22.3 Å². The maximum absolute atomic E-state index is 11.2. The maximum Gasteiger partial charge on any atom is 0.334 e. The van der Waals surface area contributed by atoms with E-state index in [4.69, 9.17) is 10.8 Å². The first-order chi connectivity index (χ1) is 10.5. The molecule has 0 amide bonds. The Bertz CT molecular complexity index is 646. The quantitative estimate of drug-likeness (QED) is 0.563. The van der Waals surface area contributed by atoms with E-state index in [0.29, 0.717) is 5.69 Å². The number of carboxylic acid groups (broad SMARTS) is 1. The molecule has 0 spiro atoms. The van der Waals surface area contributed by atoms with Gasteiger partial charge in [0.25, 0.3) is 0 Å². The molecule has 5 heteroatoms. The molecular formula is C17H19NO3S. The average Bonchev–Trinajstić information content (AvgIpc) is 2.54. The van der Waals surface area contributed by atoms with Gasteiger partial charge in [-0.05, 0) is 29.7 Å². The van der Waals surface area contributed by atoms with Crippen molar-refractivity contribution in [3.05, 3.63) is 59.7 Å². The van der Waals surface area contributed by atoms with Gasteiger partial charge in [-0.2, -0.15) is 0 Å². The van der Waals surface area contributed by atoms with E-state index in [1.165, 1.54) is 11.8 Å². The largest absolute Gasteiger partial charge is 0.479 e. The first kappa shape index (κ1) is 16.4. The van der Waals surface area contributed by atoms with Crippen LogP contribution in [0, 0.1) is 0 Å². The fourth-order valence-electron chi connectivity index (χ4n) is 2.12.